The molecule has 0 bridgehead atoms. The van der Waals surface area contributed by atoms with Crippen LogP contribution in [0.25, 0.3) is 11.7 Å². The molecular weight excluding hydrogens is 338 g/mol. The van der Waals surface area contributed by atoms with Crippen LogP contribution in [0.4, 0.5) is 0 Å². The zero-order valence-corrected chi connectivity index (χ0v) is 15.0. The molecule has 0 aliphatic carbocycles. The van der Waals surface area contributed by atoms with Gasteiger partial charge in [0.25, 0.3) is 11.1 Å². The third-order valence-corrected chi connectivity index (χ3v) is 4.54. The van der Waals surface area contributed by atoms with Crippen molar-refractivity contribution in [1.29, 1.82) is 0 Å². The lowest BCUT2D eigenvalue weighted by Gasteiger charge is -2.16. The van der Waals surface area contributed by atoms with Gasteiger partial charge in [-0.1, -0.05) is 43.0 Å². The summed E-state index contributed by atoms with van der Waals surface area (Å²) in [5, 5.41) is 8.18. The molecule has 0 N–H and O–H groups in total. The summed E-state index contributed by atoms with van der Waals surface area (Å²) in [5.41, 5.74) is 2.40. The minimum Gasteiger partial charge on any atom is -0.459 e. The molecule has 0 aliphatic heterocycles. The number of aryl methyl sites for hydroxylation is 1. The smallest absolute Gasteiger partial charge is 0.284 e. The molecule has 2 heterocycles. The van der Waals surface area contributed by atoms with E-state index >= 15 is 0 Å². The van der Waals surface area contributed by atoms with E-state index in [0.29, 0.717) is 23.4 Å². The normalized spacial score (nSPS) is 10.8. The number of carbonyl (C=O) groups excluding carboxylic acids is 1. The number of hydrogen-bond acceptors (Lipinski definition) is 6. The minimum atomic E-state index is 0.00215. The van der Waals surface area contributed by atoms with Crippen molar-refractivity contribution in [3.8, 4) is 11.7 Å². The van der Waals surface area contributed by atoms with E-state index in [4.69, 9.17) is 8.83 Å². The van der Waals surface area contributed by atoms with Crippen molar-refractivity contribution in [2.45, 2.75) is 25.1 Å². The van der Waals surface area contributed by atoms with Gasteiger partial charge in [0.05, 0.1) is 12.0 Å². The molecule has 0 unspecified atom stereocenters. The molecule has 6 nitrogen and oxygen atoms in total. The van der Waals surface area contributed by atoms with Crippen molar-refractivity contribution in [1.82, 2.24) is 15.1 Å². The Hall–Kier alpha value is -2.54. The van der Waals surface area contributed by atoms with Crippen LogP contribution in [-0.4, -0.2) is 33.8 Å². The van der Waals surface area contributed by atoms with E-state index < -0.39 is 0 Å². The van der Waals surface area contributed by atoms with E-state index in [2.05, 4.69) is 41.4 Å². The van der Waals surface area contributed by atoms with Crippen LogP contribution >= 0.6 is 11.8 Å². The number of hydrogen-bond donors (Lipinski definition) is 0. The summed E-state index contributed by atoms with van der Waals surface area (Å²) < 4.78 is 10.7. The Balaban J connectivity index is 1.51. The highest BCUT2D eigenvalue weighted by atomic mass is 32.2. The highest BCUT2D eigenvalue weighted by Gasteiger charge is 2.15. The predicted octanol–water partition coefficient (Wildman–Crippen LogP) is 3.64. The molecule has 1 amide bonds. The Kier molecular flexibility index (Phi) is 5.55. The van der Waals surface area contributed by atoms with Gasteiger partial charge >= 0.3 is 0 Å². The van der Waals surface area contributed by atoms with Crippen LogP contribution in [0.2, 0.25) is 0 Å². The van der Waals surface area contributed by atoms with E-state index in [1.54, 1.807) is 24.1 Å². The van der Waals surface area contributed by atoms with E-state index in [9.17, 15) is 4.79 Å². The zero-order valence-electron chi connectivity index (χ0n) is 14.1. The standard InChI is InChI=1S/C18H19N3O3S/c1-3-13-6-8-14(9-7-13)11-21(2)16(22)12-25-18-20-19-17(24-18)15-5-4-10-23-15/h4-10H,3,11-12H2,1-2H3. The second-order valence-electron chi connectivity index (χ2n) is 5.56. The number of thioether (sulfide) groups is 1. The van der Waals surface area contributed by atoms with Crippen molar-refractivity contribution in [3.63, 3.8) is 0 Å². The number of amides is 1. The molecule has 2 aromatic heterocycles. The second-order valence-corrected chi connectivity index (χ2v) is 6.49. The van der Waals surface area contributed by atoms with E-state index in [-0.39, 0.29) is 11.7 Å². The molecule has 0 spiro atoms. The first kappa shape index (κ1) is 17.3. The maximum atomic E-state index is 12.3. The Morgan fingerprint density at radius 3 is 2.60 bits per heavy atom. The monoisotopic (exact) mass is 357 g/mol. The molecule has 0 saturated carbocycles. The molecule has 0 saturated heterocycles. The molecular formula is C18H19N3O3S. The van der Waals surface area contributed by atoms with Crippen LogP contribution in [0.15, 0.2) is 56.7 Å². The fraction of sp³-hybridized carbons (Fsp3) is 0.278. The van der Waals surface area contributed by atoms with Crippen LogP contribution in [0.3, 0.4) is 0 Å². The molecule has 3 rings (SSSR count). The maximum Gasteiger partial charge on any atom is 0.284 e. The first-order valence-corrected chi connectivity index (χ1v) is 8.96. The summed E-state index contributed by atoms with van der Waals surface area (Å²) in [6.45, 7) is 2.70. The molecule has 0 atom stereocenters. The number of furan rings is 1. The zero-order chi connectivity index (χ0) is 17.6. The quantitative estimate of drug-likeness (QED) is 0.601. The largest absolute Gasteiger partial charge is 0.459 e. The van der Waals surface area contributed by atoms with Gasteiger partial charge in [-0.2, -0.15) is 0 Å². The van der Waals surface area contributed by atoms with E-state index in [0.717, 1.165) is 12.0 Å². The molecule has 3 aromatic rings. The van der Waals surface area contributed by atoms with Crippen molar-refractivity contribution >= 4 is 17.7 Å². The SMILES string of the molecule is CCc1ccc(CN(C)C(=O)CSc2nnc(-c3ccco3)o2)cc1. The average Bonchev–Trinajstić information content (AvgIpc) is 3.31. The molecule has 0 fully saturated rings. The summed E-state index contributed by atoms with van der Waals surface area (Å²) >= 11 is 1.22. The summed E-state index contributed by atoms with van der Waals surface area (Å²) in [4.78, 5) is 14.0. The molecule has 1 aromatic carbocycles. The highest BCUT2D eigenvalue weighted by molar-refractivity contribution is 7.99. The molecule has 0 aliphatic rings. The van der Waals surface area contributed by atoms with Gasteiger partial charge < -0.3 is 13.7 Å². The highest BCUT2D eigenvalue weighted by Crippen LogP contribution is 2.23. The average molecular weight is 357 g/mol. The van der Waals surface area contributed by atoms with Gasteiger partial charge in [-0.3, -0.25) is 4.79 Å². The van der Waals surface area contributed by atoms with Crippen molar-refractivity contribution in [2.75, 3.05) is 12.8 Å². The van der Waals surface area contributed by atoms with Gasteiger partial charge in [0.15, 0.2) is 5.76 Å². The van der Waals surface area contributed by atoms with Gasteiger partial charge in [-0.25, -0.2) is 0 Å². The summed E-state index contributed by atoms with van der Waals surface area (Å²) in [7, 11) is 1.79. The lowest BCUT2D eigenvalue weighted by molar-refractivity contribution is -0.127. The molecule has 25 heavy (non-hydrogen) atoms. The van der Waals surface area contributed by atoms with Crippen LogP contribution in [-0.2, 0) is 17.8 Å². The fourth-order valence-electron chi connectivity index (χ4n) is 2.24. The number of rotatable bonds is 7. The van der Waals surface area contributed by atoms with Crippen LogP contribution in [0.5, 0.6) is 0 Å². The summed E-state index contributed by atoms with van der Waals surface area (Å²) in [6.07, 6.45) is 2.55. The van der Waals surface area contributed by atoms with Crippen LogP contribution in [0, 0.1) is 0 Å². The topological polar surface area (TPSA) is 72.4 Å². The molecule has 7 heteroatoms. The van der Waals surface area contributed by atoms with Gasteiger partial charge in [0.2, 0.25) is 5.91 Å². The lowest BCUT2D eigenvalue weighted by atomic mass is 10.1. The number of nitrogens with zero attached hydrogens (tertiary/aromatic N) is 3. The number of benzene rings is 1. The second kappa shape index (κ2) is 8.02. The van der Waals surface area contributed by atoms with Gasteiger partial charge in [-0.05, 0) is 29.7 Å². The van der Waals surface area contributed by atoms with Crippen LogP contribution < -0.4 is 0 Å². The van der Waals surface area contributed by atoms with Crippen molar-refractivity contribution in [2.24, 2.45) is 0 Å². The maximum absolute atomic E-state index is 12.3. The fourth-order valence-corrected chi connectivity index (χ4v) is 2.95. The number of carbonyl (C=O) groups is 1. The van der Waals surface area contributed by atoms with Gasteiger partial charge in [-0.15, -0.1) is 10.2 Å². The Labute approximate surface area is 150 Å². The lowest BCUT2D eigenvalue weighted by Crippen LogP contribution is -2.27. The van der Waals surface area contributed by atoms with E-state index in [1.807, 2.05) is 0 Å². The van der Waals surface area contributed by atoms with E-state index in [1.165, 1.54) is 23.6 Å². The first-order chi connectivity index (χ1) is 12.2. The Bertz CT molecular complexity index is 812. The van der Waals surface area contributed by atoms with Crippen molar-refractivity contribution in [3.05, 3.63) is 53.8 Å². The summed E-state index contributed by atoms with van der Waals surface area (Å²) in [5.74, 6) is 1.06. The first-order valence-electron chi connectivity index (χ1n) is 7.97. The number of aromatic nitrogens is 2. The third-order valence-electron chi connectivity index (χ3n) is 3.73. The third kappa shape index (κ3) is 4.51. The minimum absolute atomic E-state index is 0.00215. The summed E-state index contributed by atoms with van der Waals surface area (Å²) in [6, 6.07) is 11.8. The molecule has 130 valence electrons. The van der Waals surface area contributed by atoms with Crippen LogP contribution in [0.1, 0.15) is 18.1 Å². The van der Waals surface area contributed by atoms with Gasteiger partial charge in [0, 0.05) is 13.6 Å². The Morgan fingerprint density at radius 2 is 1.92 bits per heavy atom. The molecule has 0 radical (unpaired) electrons. The Morgan fingerprint density at radius 1 is 1.16 bits per heavy atom. The van der Waals surface area contributed by atoms with Gasteiger partial charge in [0.1, 0.15) is 0 Å². The van der Waals surface area contributed by atoms with Crippen molar-refractivity contribution < 1.29 is 13.6 Å². The predicted molar refractivity (Wildman–Crippen MR) is 95.0 cm³/mol.